The van der Waals surface area contributed by atoms with Crippen molar-refractivity contribution in [1.82, 2.24) is 5.32 Å². The van der Waals surface area contributed by atoms with Gasteiger partial charge in [-0.1, -0.05) is 30.4 Å². The van der Waals surface area contributed by atoms with Crippen molar-refractivity contribution in [3.63, 3.8) is 0 Å². The van der Waals surface area contributed by atoms with Gasteiger partial charge in [0.2, 0.25) is 0 Å². The highest BCUT2D eigenvalue weighted by Gasteiger charge is 2.27. The zero-order chi connectivity index (χ0) is 28.3. The number of nitrogens with one attached hydrogen (secondary N) is 1. The predicted octanol–water partition coefficient (Wildman–Crippen LogP) is 5.34. The van der Waals surface area contributed by atoms with E-state index >= 15 is 0 Å². The molecule has 2 rings (SSSR count). The fourth-order valence-electron chi connectivity index (χ4n) is 4.26. The molecule has 206 valence electrons. The maximum absolute atomic E-state index is 14.3. The van der Waals surface area contributed by atoms with E-state index in [-0.39, 0.29) is 18.7 Å². The molecule has 1 N–H and O–H groups in total. The van der Waals surface area contributed by atoms with Gasteiger partial charge in [0, 0.05) is 6.42 Å². The first-order chi connectivity index (χ1) is 18.0. The highest BCUT2D eigenvalue weighted by atomic mass is 32.2. The Hall–Kier alpha value is -3.30. The Morgan fingerprint density at radius 1 is 1.13 bits per heavy atom. The second kappa shape index (κ2) is 14.6. The summed E-state index contributed by atoms with van der Waals surface area (Å²) in [5, 5.41) is 2.72. The number of hydrogen-bond donors (Lipinski definition) is 1. The SMILES string of the molecule is C=CCCCCc1cc(F)cc(C)c1-c1cccc([C@H](CC(=O)OC)NC(=O)[C@@H](CC=C)OS(C)(=O)=O)c1. The predicted molar refractivity (Wildman–Crippen MR) is 146 cm³/mol. The van der Waals surface area contributed by atoms with E-state index in [0.717, 1.165) is 47.8 Å². The number of esters is 1. The summed E-state index contributed by atoms with van der Waals surface area (Å²) >= 11 is 0. The van der Waals surface area contributed by atoms with Gasteiger partial charge in [-0.15, -0.1) is 13.2 Å². The van der Waals surface area contributed by atoms with E-state index in [1.807, 2.05) is 25.1 Å². The van der Waals surface area contributed by atoms with Crippen LogP contribution in [0.1, 0.15) is 54.8 Å². The van der Waals surface area contributed by atoms with Gasteiger partial charge in [-0.05, 0) is 78.6 Å². The molecule has 0 heterocycles. The Balaban J connectivity index is 2.47. The number of carbonyl (C=O) groups is 2. The molecule has 0 aliphatic heterocycles. The number of allylic oxidation sites excluding steroid dienone is 1. The van der Waals surface area contributed by atoms with Gasteiger partial charge in [-0.2, -0.15) is 8.42 Å². The van der Waals surface area contributed by atoms with Crippen LogP contribution in [0.25, 0.3) is 11.1 Å². The molecule has 2 atom stereocenters. The summed E-state index contributed by atoms with van der Waals surface area (Å²) in [6.07, 6.45) is 5.87. The van der Waals surface area contributed by atoms with Crippen LogP contribution in [-0.2, 0) is 35.0 Å². The van der Waals surface area contributed by atoms with Crippen LogP contribution < -0.4 is 5.32 Å². The molecule has 38 heavy (non-hydrogen) atoms. The van der Waals surface area contributed by atoms with Gasteiger partial charge >= 0.3 is 5.97 Å². The summed E-state index contributed by atoms with van der Waals surface area (Å²) in [6, 6.07) is 9.45. The largest absolute Gasteiger partial charge is 0.469 e. The van der Waals surface area contributed by atoms with Crippen LogP contribution in [0.5, 0.6) is 0 Å². The first-order valence-electron chi connectivity index (χ1n) is 12.4. The number of methoxy groups -OCH3 is 1. The molecule has 0 spiro atoms. The number of benzene rings is 2. The van der Waals surface area contributed by atoms with Crippen molar-refractivity contribution in [3.8, 4) is 11.1 Å². The zero-order valence-electron chi connectivity index (χ0n) is 22.2. The van der Waals surface area contributed by atoms with Crippen LogP contribution in [-0.4, -0.2) is 39.8 Å². The van der Waals surface area contributed by atoms with Crippen LogP contribution in [0.15, 0.2) is 61.7 Å². The molecule has 2 aromatic carbocycles. The summed E-state index contributed by atoms with van der Waals surface area (Å²) in [7, 11) is -2.68. The number of carbonyl (C=O) groups excluding carboxylic acids is 2. The Bertz CT molecular complexity index is 1260. The molecule has 0 unspecified atom stereocenters. The molecule has 2 aromatic rings. The van der Waals surface area contributed by atoms with Crippen molar-refractivity contribution < 1.29 is 31.3 Å². The normalized spacial score (nSPS) is 12.8. The van der Waals surface area contributed by atoms with Crippen molar-refractivity contribution >= 4 is 22.0 Å². The maximum Gasteiger partial charge on any atom is 0.307 e. The average Bonchev–Trinajstić information content (AvgIpc) is 2.84. The number of rotatable bonds is 15. The number of halogens is 1. The van der Waals surface area contributed by atoms with Crippen LogP contribution >= 0.6 is 0 Å². The minimum absolute atomic E-state index is 0.0477. The van der Waals surface area contributed by atoms with E-state index in [0.29, 0.717) is 12.0 Å². The molecule has 0 fully saturated rings. The van der Waals surface area contributed by atoms with Crippen molar-refractivity contribution in [2.75, 3.05) is 13.4 Å². The maximum atomic E-state index is 14.3. The van der Waals surface area contributed by atoms with Gasteiger partial charge < -0.3 is 10.1 Å². The third-order valence-corrected chi connectivity index (χ3v) is 6.52. The Morgan fingerprint density at radius 3 is 2.50 bits per heavy atom. The molecule has 0 saturated carbocycles. The minimum Gasteiger partial charge on any atom is -0.469 e. The van der Waals surface area contributed by atoms with Gasteiger partial charge in [0.15, 0.2) is 6.10 Å². The van der Waals surface area contributed by atoms with Gasteiger partial charge in [-0.3, -0.25) is 13.8 Å². The molecule has 1 amide bonds. The number of hydrogen-bond acceptors (Lipinski definition) is 6. The summed E-state index contributed by atoms with van der Waals surface area (Å²) in [4.78, 5) is 25.2. The Labute approximate surface area is 224 Å². The van der Waals surface area contributed by atoms with Gasteiger partial charge in [-0.25, -0.2) is 4.39 Å². The molecule has 0 radical (unpaired) electrons. The molecule has 0 bridgehead atoms. The lowest BCUT2D eigenvalue weighted by atomic mass is 9.90. The summed E-state index contributed by atoms with van der Waals surface area (Å²) in [5.41, 5.74) is 3.92. The topological polar surface area (TPSA) is 98.8 Å². The van der Waals surface area contributed by atoms with E-state index in [1.54, 1.807) is 18.2 Å². The lowest BCUT2D eigenvalue weighted by molar-refractivity contribution is -0.141. The van der Waals surface area contributed by atoms with E-state index in [1.165, 1.54) is 19.3 Å². The number of ether oxygens (including phenoxy) is 1. The molecule has 0 aliphatic rings. The third-order valence-electron chi connectivity index (χ3n) is 5.94. The number of amides is 1. The molecule has 7 nitrogen and oxygen atoms in total. The van der Waals surface area contributed by atoms with Gasteiger partial charge in [0.1, 0.15) is 5.82 Å². The van der Waals surface area contributed by atoms with E-state index in [2.05, 4.69) is 18.5 Å². The van der Waals surface area contributed by atoms with Gasteiger partial charge in [0.25, 0.3) is 16.0 Å². The van der Waals surface area contributed by atoms with Crippen LogP contribution in [0.2, 0.25) is 0 Å². The standard InChI is InChI=1S/C29H36FNO6S/c1-6-8-9-10-13-23-18-24(30)16-20(3)28(23)22-15-11-14-21(17-22)25(19-27(32)36-4)31-29(33)26(12-7-2)37-38(5,34)35/h6-7,11,14-18,25-26H,1-2,8-10,12-13,19H2,3-5H3,(H,31,33)/t25-,26+/m0/s1. The lowest BCUT2D eigenvalue weighted by Gasteiger charge is -2.23. The lowest BCUT2D eigenvalue weighted by Crippen LogP contribution is -2.40. The fourth-order valence-corrected chi connectivity index (χ4v) is 4.85. The van der Waals surface area contributed by atoms with E-state index in [4.69, 9.17) is 8.92 Å². The monoisotopic (exact) mass is 545 g/mol. The first kappa shape index (κ1) is 30.9. The third kappa shape index (κ3) is 9.54. The minimum atomic E-state index is -3.92. The van der Waals surface area contributed by atoms with Crippen molar-refractivity contribution in [1.29, 1.82) is 0 Å². The second-order valence-electron chi connectivity index (χ2n) is 9.07. The van der Waals surface area contributed by atoms with Crippen LogP contribution in [0.4, 0.5) is 4.39 Å². The van der Waals surface area contributed by atoms with E-state index in [9.17, 15) is 22.4 Å². The highest BCUT2D eigenvalue weighted by molar-refractivity contribution is 7.86. The Morgan fingerprint density at radius 2 is 1.87 bits per heavy atom. The smallest absolute Gasteiger partial charge is 0.307 e. The molecule has 0 saturated heterocycles. The summed E-state index contributed by atoms with van der Waals surface area (Å²) < 4.78 is 47.4. The van der Waals surface area contributed by atoms with Gasteiger partial charge in [0.05, 0.1) is 25.8 Å². The molecule has 0 aromatic heterocycles. The van der Waals surface area contributed by atoms with Crippen LogP contribution in [0.3, 0.4) is 0 Å². The van der Waals surface area contributed by atoms with Crippen molar-refractivity contribution in [2.24, 2.45) is 0 Å². The van der Waals surface area contributed by atoms with Crippen molar-refractivity contribution in [2.45, 2.75) is 57.6 Å². The van der Waals surface area contributed by atoms with Crippen molar-refractivity contribution in [3.05, 3.63) is 84.2 Å². The van der Waals surface area contributed by atoms with Crippen LogP contribution in [0, 0.1) is 12.7 Å². The Kier molecular flexibility index (Phi) is 11.9. The molecular formula is C29H36FNO6S. The molecule has 0 aliphatic carbocycles. The number of unbranched alkanes of at least 4 members (excludes halogenated alkanes) is 2. The molecule has 9 heteroatoms. The summed E-state index contributed by atoms with van der Waals surface area (Å²) in [5.74, 6) is -1.59. The van der Waals surface area contributed by atoms with E-state index < -0.39 is 34.1 Å². The first-order valence-corrected chi connectivity index (χ1v) is 14.2. The molecular weight excluding hydrogens is 509 g/mol. The number of aryl methyl sites for hydroxylation is 2. The highest BCUT2D eigenvalue weighted by Crippen LogP contribution is 2.32. The summed E-state index contributed by atoms with van der Waals surface area (Å²) in [6.45, 7) is 9.14. The fraction of sp³-hybridized carbons (Fsp3) is 0.379. The second-order valence-corrected chi connectivity index (χ2v) is 10.7. The zero-order valence-corrected chi connectivity index (χ0v) is 23.0. The average molecular weight is 546 g/mol. The quantitative estimate of drug-likeness (QED) is 0.140.